The molecular formula is C10H10NO2S+. The number of benzene rings is 1. The number of H-pyrrole nitrogens is 1. The van der Waals surface area contributed by atoms with Crippen LogP contribution in [0.5, 0.6) is 0 Å². The molecule has 1 N–H and O–H groups in total. The lowest BCUT2D eigenvalue weighted by Crippen LogP contribution is -2.15. The van der Waals surface area contributed by atoms with E-state index < -0.39 is 9.84 Å². The molecule has 0 atom stereocenters. The first-order valence-corrected chi connectivity index (χ1v) is 6.08. The Hall–Kier alpha value is -1.42. The summed E-state index contributed by atoms with van der Waals surface area (Å²) < 4.78 is 22.5. The molecule has 4 heteroatoms. The predicted octanol–water partition coefficient (Wildman–Crippen LogP) is 1.06. The molecule has 2 rings (SSSR count). The molecule has 1 aromatic carbocycles. The van der Waals surface area contributed by atoms with Crippen molar-refractivity contribution in [3.8, 4) is 0 Å². The largest absolute Gasteiger partial charge is 0.295 e. The van der Waals surface area contributed by atoms with Crippen molar-refractivity contribution in [1.82, 2.24) is 0 Å². The summed E-state index contributed by atoms with van der Waals surface area (Å²) in [6.07, 6.45) is 1.19. The summed E-state index contributed by atoms with van der Waals surface area (Å²) in [5.41, 5.74) is 0.829. The Bertz CT molecular complexity index is 575. The van der Waals surface area contributed by atoms with Gasteiger partial charge >= 0.3 is 0 Å². The fraction of sp³-hybridized carbons (Fsp3) is 0.100. The average Bonchev–Trinajstić information content (AvgIpc) is 2.16. The van der Waals surface area contributed by atoms with Gasteiger partial charge in [0.05, 0.1) is 0 Å². The second-order valence-electron chi connectivity index (χ2n) is 3.18. The maximum atomic E-state index is 11.2. The van der Waals surface area contributed by atoms with Gasteiger partial charge in [0.1, 0.15) is 0 Å². The third-order valence-corrected chi connectivity index (χ3v) is 3.07. The van der Waals surface area contributed by atoms with Crippen LogP contribution < -0.4 is 4.98 Å². The van der Waals surface area contributed by atoms with Gasteiger partial charge in [-0.2, -0.15) is 4.98 Å². The Morgan fingerprint density at radius 3 is 2.50 bits per heavy atom. The fourth-order valence-corrected chi connectivity index (χ4v) is 1.92. The van der Waals surface area contributed by atoms with Crippen LogP contribution in [-0.2, 0) is 9.84 Å². The van der Waals surface area contributed by atoms with Gasteiger partial charge in [-0.1, -0.05) is 12.1 Å². The van der Waals surface area contributed by atoms with E-state index in [-0.39, 0.29) is 5.03 Å². The van der Waals surface area contributed by atoms with Crippen molar-refractivity contribution in [2.45, 2.75) is 5.03 Å². The lowest BCUT2D eigenvalue weighted by atomic mass is 10.2. The molecule has 2 aromatic rings. The van der Waals surface area contributed by atoms with E-state index >= 15 is 0 Å². The lowest BCUT2D eigenvalue weighted by Gasteiger charge is -1.93. The minimum atomic E-state index is -3.15. The molecule has 0 unspecified atom stereocenters. The summed E-state index contributed by atoms with van der Waals surface area (Å²) in [4.78, 5) is 2.88. The Kier molecular flexibility index (Phi) is 2.00. The first-order valence-electron chi connectivity index (χ1n) is 4.18. The van der Waals surface area contributed by atoms with Crippen LogP contribution in [0.15, 0.2) is 41.4 Å². The minimum Gasteiger partial charge on any atom is -0.218 e. The molecule has 0 spiro atoms. The third kappa shape index (κ3) is 1.61. The van der Waals surface area contributed by atoms with E-state index in [9.17, 15) is 8.42 Å². The Balaban J connectivity index is 2.75. The second-order valence-corrected chi connectivity index (χ2v) is 5.17. The number of aromatic nitrogens is 1. The van der Waals surface area contributed by atoms with Crippen LogP contribution in [0.25, 0.3) is 10.9 Å². The van der Waals surface area contributed by atoms with Crippen LogP contribution >= 0.6 is 0 Å². The Morgan fingerprint density at radius 1 is 1.07 bits per heavy atom. The number of sulfone groups is 1. The molecule has 0 radical (unpaired) electrons. The molecule has 0 saturated carbocycles. The van der Waals surface area contributed by atoms with Crippen molar-refractivity contribution in [3.63, 3.8) is 0 Å². The molecule has 0 aliphatic rings. The number of nitrogens with one attached hydrogen (secondary N) is 1. The van der Waals surface area contributed by atoms with E-state index in [1.54, 1.807) is 12.1 Å². The third-order valence-electron chi connectivity index (χ3n) is 2.03. The van der Waals surface area contributed by atoms with Gasteiger partial charge in [0.25, 0.3) is 5.03 Å². The van der Waals surface area contributed by atoms with E-state index in [0.29, 0.717) is 0 Å². The van der Waals surface area contributed by atoms with Crippen molar-refractivity contribution in [3.05, 3.63) is 36.4 Å². The molecule has 72 valence electrons. The van der Waals surface area contributed by atoms with Gasteiger partial charge in [0, 0.05) is 23.8 Å². The average molecular weight is 208 g/mol. The number of aromatic amines is 1. The molecule has 0 bridgehead atoms. The van der Waals surface area contributed by atoms with Crippen molar-refractivity contribution < 1.29 is 13.4 Å². The summed E-state index contributed by atoms with van der Waals surface area (Å²) in [6.45, 7) is 0. The van der Waals surface area contributed by atoms with Gasteiger partial charge in [-0.25, -0.2) is 8.42 Å². The van der Waals surface area contributed by atoms with Crippen LogP contribution in [0.1, 0.15) is 0 Å². The highest BCUT2D eigenvalue weighted by molar-refractivity contribution is 7.90. The molecule has 0 fully saturated rings. The minimum absolute atomic E-state index is 0.246. The summed E-state index contributed by atoms with van der Waals surface area (Å²) in [5.74, 6) is 0. The maximum Gasteiger partial charge on any atom is 0.295 e. The zero-order valence-electron chi connectivity index (χ0n) is 7.69. The van der Waals surface area contributed by atoms with Gasteiger partial charge in [-0.05, 0) is 12.1 Å². The maximum absolute atomic E-state index is 11.2. The monoisotopic (exact) mass is 208 g/mol. The van der Waals surface area contributed by atoms with E-state index in [1.165, 1.54) is 6.26 Å². The molecule has 14 heavy (non-hydrogen) atoms. The number of hydrogen-bond acceptors (Lipinski definition) is 2. The van der Waals surface area contributed by atoms with E-state index in [2.05, 4.69) is 4.98 Å². The molecule has 0 aliphatic heterocycles. The summed E-state index contributed by atoms with van der Waals surface area (Å²) in [7, 11) is -3.15. The van der Waals surface area contributed by atoms with E-state index in [4.69, 9.17) is 0 Å². The van der Waals surface area contributed by atoms with Crippen LogP contribution in [-0.4, -0.2) is 14.7 Å². The van der Waals surface area contributed by atoms with Crippen LogP contribution in [0, 0.1) is 0 Å². The fourth-order valence-electron chi connectivity index (χ4n) is 1.31. The smallest absolute Gasteiger partial charge is 0.218 e. The van der Waals surface area contributed by atoms with Crippen molar-refractivity contribution in [2.75, 3.05) is 6.26 Å². The quantitative estimate of drug-likeness (QED) is 0.703. The van der Waals surface area contributed by atoms with Crippen LogP contribution in [0.3, 0.4) is 0 Å². The molecule has 3 nitrogen and oxygen atoms in total. The molecule has 0 saturated heterocycles. The molecular weight excluding hydrogens is 198 g/mol. The summed E-state index contributed by atoms with van der Waals surface area (Å²) in [5, 5.41) is 1.25. The number of pyridine rings is 1. The standard InChI is InChI=1S/C10H9NO2S/c1-14(12,13)10-7-6-8-4-2-3-5-9(8)11-10/h2-7H,1H3/p+1. The number of para-hydroxylation sites is 1. The van der Waals surface area contributed by atoms with Gasteiger partial charge in [-0.15, -0.1) is 0 Å². The van der Waals surface area contributed by atoms with E-state index in [1.807, 2.05) is 24.3 Å². The van der Waals surface area contributed by atoms with Crippen molar-refractivity contribution in [1.29, 1.82) is 0 Å². The van der Waals surface area contributed by atoms with Crippen LogP contribution in [0.4, 0.5) is 0 Å². The zero-order chi connectivity index (χ0) is 10.2. The van der Waals surface area contributed by atoms with Gasteiger partial charge < -0.3 is 0 Å². The van der Waals surface area contributed by atoms with Gasteiger partial charge in [-0.3, -0.25) is 0 Å². The normalized spacial score (nSPS) is 11.8. The molecule has 1 aromatic heterocycles. The van der Waals surface area contributed by atoms with E-state index in [0.717, 1.165) is 10.9 Å². The second kappa shape index (κ2) is 3.06. The number of hydrogen-bond donors (Lipinski definition) is 0. The van der Waals surface area contributed by atoms with Gasteiger partial charge in [0.2, 0.25) is 15.4 Å². The first kappa shape index (κ1) is 9.15. The Morgan fingerprint density at radius 2 is 1.79 bits per heavy atom. The number of rotatable bonds is 1. The number of fused-ring (bicyclic) bond motifs is 1. The Labute approximate surface area is 82.3 Å². The van der Waals surface area contributed by atoms with Crippen molar-refractivity contribution in [2.24, 2.45) is 0 Å². The molecule has 0 aliphatic carbocycles. The SMILES string of the molecule is CS(=O)(=O)c1ccc2ccccc2[nH+]1. The topological polar surface area (TPSA) is 48.3 Å². The molecule has 1 heterocycles. The highest BCUT2D eigenvalue weighted by atomic mass is 32.2. The predicted molar refractivity (Wildman–Crippen MR) is 53.6 cm³/mol. The molecule has 0 amide bonds. The van der Waals surface area contributed by atoms with Gasteiger partial charge in [0.15, 0.2) is 0 Å². The lowest BCUT2D eigenvalue weighted by molar-refractivity contribution is -0.396. The van der Waals surface area contributed by atoms with Crippen LogP contribution in [0.2, 0.25) is 0 Å². The highest BCUT2D eigenvalue weighted by Gasteiger charge is 2.15. The first-order chi connectivity index (χ1) is 6.57. The summed E-state index contributed by atoms with van der Waals surface area (Å²) in [6, 6.07) is 10.9. The zero-order valence-corrected chi connectivity index (χ0v) is 8.51. The van der Waals surface area contributed by atoms with Crippen molar-refractivity contribution >= 4 is 20.7 Å². The highest BCUT2D eigenvalue weighted by Crippen LogP contribution is 2.10. The summed E-state index contributed by atoms with van der Waals surface area (Å²) >= 11 is 0.